The van der Waals surface area contributed by atoms with Gasteiger partial charge in [0.05, 0.1) is 16.7 Å². The van der Waals surface area contributed by atoms with Gasteiger partial charge in [-0.05, 0) is 26.3 Å². The van der Waals surface area contributed by atoms with Crippen molar-refractivity contribution < 1.29 is 14.1 Å². The minimum Gasteiger partial charge on any atom is -0.336 e. The number of halogens is 1. The summed E-state index contributed by atoms with van der Waals surface area (Å²) in [5, 5.41) is 11.0. The second kappa shape index (κ2) is 6.04. The van der Waals surface area contributed by atoms with Crippen LogP contribution in [0.15, 0.2) is 12.1 Å². The van der Waals surface area contributed by atoms with Crippen molar-refractivity contribution in [1.82, 2.24) is 4.90 Å². The molecule has 0 aliphatic heterocycles. The number of nitrogens with one attached hydrogen (secondary N) is 1. The summed E-state index contributed by atoms with van der Waals surface area (Å²) in [6.07, 6.45) is 0.659. The fraction of sp³-hybridized carbons (Fsp3) is 0.462. The summed E-state index contributed by atoms with van der Waals surface area (Å²) in [6.45, 7) is 5.57. The minimum absolute atomic E-state index is 0.174. The maximum absolute atomic E-state index is 13.6. The van der Waals surface area contributed by atoms with Crippen molar-refractivity contribution in [3.05, 3.63) is 33.6 Å². The highest BCUT2D eigenvalue weighted by Crippen LogP contribution is 2.29. The van der Waals surface area contributed by atoms with Gasteiger partial charge in [-0.25, -0.2) is 4.39 Å². The van der Waals surface area contributed by atoms with Gasteiger partial charge in [0.1, 0.15) is 5.56 Å². The highest BCUT2D eigenvalue weighted by molar-refractivity contribution is 5.99. The first-order valence-corrected chi connectivity index (χ1v) is 6.38. The molecular weight excluding hydrogens is 279 g/mol. The van der Waals surface area contributed by atoms with Crippen LogP contribution in [-0.2, 0) is 0 Å². The Morgan fingerprint density at radius 1 is 1.52 bits per heavy atom. The van der Waals surface area contributed by atoms with Gasteiger partial charge in [0.25, 0.3) is 11.6 Å². The standard InChI is InChI=1S/C13H19FN4O3/c1-5-13(2,3)17(4)12(19)8-6-10(16-15)9(14)7-11(8)18(20)21/h6-7,16H,5,15H2,1-4H3. The molecule has 3 N–H and O–H groups in total. The third-order valence-electron chi connectivity index (χ3n) is 3.75. The smallest absolute Gasteiger partial charge is 0.285 e. The Kier molecular flexibility index (Phi) is 4.84. The molecule has 1 amide bonds. The number of hydrogen-bond acceptors (Lipinski definition) is 5. The van der Waals surface area contributed by atoms with Crippen molar-refractivity contribution in [3.8, 4) is 0 Å². The quantitative estimate of drug-likeness (QED) is 0.493. The second-order valence-electron chi connectivity index (χ2n) is 5.28. The summed E-state index contributed by atoms with van der Waals surface area (Å²) in [5.74, 6) is 3.69. The van der Waals surface area contributed by atoms with E-state index < -0.39 is 27.9 Å². The largest absolute Gasteiger partial charge is 0.336 e. The minimum atomic E-state index is -0.891. The van der Waals surface area contributed by atoms with Gasteiger partial charge in [-0.15, -0.1) is 0 Å². The van der Waals surface area contributed by atoms with Crippen molar-refractivity contribution in [1.29, 1.82) is 0 Å². The number of amides is 1. The van der Waals surface area contributed by atoms with Crippen LogP contribution in [0.4, 0.5) is 15.8 Å². The van der Waals surface area contributed by atoms with Crippen LogP contribution >= 0.6 is 0 Å². The van der Waals surface area contributed by atoms with Gasteiger partial charge >= 0.3 is 0 Å². The van der Waals surface area contributed by atoms with Crippen LogP contribution < -0.4 is 11.3 Å². The summed E-state index contributed by atoms with van der Waals surface area (Å²) in [4.78, 5) is 24.1. The molecule has 0 aliphatic rings. The summed E-state index contributed by atoms with van der Waals surface area (Å²) in [6, 6.07) is 1.74. The summed E-state index contributed by atoms with van der Waals surface area (Å²) in [7, 11) is 1.55. The van der Waals surface area contributed by atoms with Crippen LogP contribution in [0.2, 0.25) is 0 Å². The first-order chi connectivity index (χ1) is 9.65. The van der Waals surface area contributed by atoms with Crippen molar-refractivity contribution in [2.45, 2.75) is 32.7 Å². The number of hydrazine groups is 1. The van der Waals surface area contributed by atoms with E-state index in [9.17, 15) is 19.3 Å². The van der Waals surface area contributed by atoms with Crippen LogP contribution in [0.5, 0.6) is 0 Å². The molecule has 0 spiro atoms. The van der Waals surface area contributed by atoms with Gasteiger partial charge in [0.15, 0.2) is 5.82 Å². The van der Waals surface area contributed by atoms with Gasteiger partial charge in [-0.2, -0.15) is 0 Å². The van der Waals surface area contributed by atoms with Crippen molar-refractivity contribution in [3.63, 3.8) is 0 Å². The summed E-state index contributed by atoms with van der Waals surface area (Å²) < 4.78 is 13.6. The first kappa shape index (κ1) is 16.8. The van der Waals surface area contributed by atoms with Crippen molar-refractivity contribution in [2.24, 2.45) is 5.84 Å². The Labute approximate surface area is 122 Å². The fourth-order valence-electron chi connectivity index (χ4n) is 1.69. The molecule has 21 heavy (non-hydrogen) atoms. The zero-order valence-corrected chi connectivity index (χ0v) is 12.4. The predicted molar refractivity (Wildman–Crippen MR) is 77.3 cm³/mol. The molecule has 1 aromatic carbocycles. The molecule has 0 saturated carbocycles. The van der Waals surface area contributed by atoms with Crippen molar-refractivity contribution >= 4 is 17.3 Å². The van der Waals surface area contributed by atoms with Crippen molar-refractivity contribution in [2.75, 3.05) is 12.5 Å². The normalized spacial score (nSPS) is 11.1. The highest BCUT2D eigenvalue weighted by Gasteiger charge is 2.31. The molecule has 0 aliphatic carbocycles. The number of nitrogen functional groups attached to an aromatic ring is 1. The number of hydrogen-bond donors (Lipinski definition) is 2. The lowest BCUT2D eigenvalue weighted by Crippen LogP contribution is -2.44. The topological polar surface area (TPSA) is 102 Å². The maximum Gasteiger partial charge on any atom is 0.285 e. The van der Waals surface area contributed by atoms with Crippen LogP contribution in [0.1, 0.15) is 37.6 Å². The molecule has 0 bridgehead atoms. The Bertz CT molecular complexity index is 575. The number of anilines is 1. The number of carbonyl (C=O) groups excluding carboxylic acids is 1. The monoisotopic (exact) mass is 298 g/mol. The van der Waals surface area contributed by atoms with E-state index >= 15 is 0 Å². The van der Waals surface area contributed by atoms with E-state index in [0.29, 0.717) is 12.5 Å². The van der Waals surface area contributed by atoms with E-state index in [1.54, 1.807) is 7.05 Å². The molecule has 0 unspecified atom stereocenters. The number of benzene rings is 1. The molecule has 0 heterocycles. The molecule has 116 valence electrons. The Hall–Kier alpha value is -2.22. The Morgan fingerprint density at radius 3 is 2.52 bits per heavy atom. The molecular formula is C13H19FN4O3. The van der Waals surface area contributed by atoms with Crippen LogP contribution in [0.25, 0.3) is 0 Å². The lowest BCUT2D eigenvalue weighted by atomic mass is 9.98. The van der Waals surface area contributed by atoms with E-state index in [1.165, 1.54) is 4.90 Å². The zero-order chi connectivity index (χ0) is 16.4. The fourth-order valence-corrected chi connectivity index (χ4v) is 1.69. The average Bonchev–Trinajstić information content (AvgIpc) is 2.45. The zero-order valence-electron chi connectivity index (χ0n) is 12.4. The van der Waals surface area contributed by atoms with Crippen LogP contribution in [0, 0.1) is 15.9 Å². The maximum atomic E-state index is 13.6. The molecule has 1 rings (SSSR count). The molecule has 0 fully saturated rings. The molecule has 0 aromatic heterocycles. The summed E-state index contributed by atoms with van der Waals surface area (Å²) in [5.41, 5.74) is 0.618. The number of nitro groups is 1. The van der Waals surface area contributed by atoms with E-state index in [1.807, 2.05) is 20.8 Å². The lowest BCUT2D eigenvalue weighted by molar-refractivity contribution is -0.385. The number of nitrogens with zero attached hydrogens (tertiary/aromatic N) is 2. The van der Waals surface area contributed by atoms with Crippen LogP contribution in [0.3, 0.4) is 0 Å². The van der Waals surface area contributed by atoms with E-state index in [0.717, 1.165) is 6.07 Å². The van der Waals surface area contributed by atoms with Crippen LogP contribution in [-0.4, -0.2) is 28.3 Å². The number of rotatable bonds is 5. The van der Waals surface area contributed by atoms with E-state index in [2.05, 4.69) is 5.43 Å². The Balaban J connectivity index is 3.40. The van der Waals surface area contributed by atoms with Gasteiger partial charge in [0, 0.05) is 12.6 Å². The summed E-state index contributed by atoms with van der Waals surface area (Å²) >= 11 is 0. The van der Waals surface area contributed by atoms with E-state index in [4.69, 9.17) is 5.84 Å². The third-order valence-corrected chi connectivity index (χ3v) is 3.75. The lowest BCUT2D eigenvalue weighted by Gasteiger charge is -2.34. The average molecular weight is 298 g/mol. The molecule has 0 atom stereocenters. The second-order valence-corrected chi connectivity index (χ2v) is 5.28. The highest BCUT2D eigenvalue weighted by atomic mass is 19.1. The van der Waals surface area contributed by atoms with Gasteiger partial charge in [-0.3, -0.25) is 20.8 Å². The number of carbonyl (C=O) groups is 1. The van der Waals surface area contributed by atoms with E-state index in [-0.39, 0.29) is 11.3 Å². The molecule has 1 aromatic rings. The number of nitro benzene ring substituents is 1. The van der Waals surface area contributed by atoms with Gasteiger partial charge < -0.3 is 10.3 Å². The third kappa shape index (κ3) is 3.27. The van der Waals surface area contributed by atoms with Gasteiger partial charge in [-0.1, -0.05) is 6.92 Å². The molecule has 7 nitrogen and oxygen atoms in total. The SMILES string of the molecule is CCC(C)(C)N(C)C(=O)c1cc(NN)c(F)cc1[N+](=O)[O-]. The number of nitrogens with two attached hydrogens (primary N) is 1. The first-order valence-electron chi connectivity index (χ1n) is 6.38. The predicted octanol–water partition coefficient (Wildman–Crippen LogP) is 2.28. The van der Waals surface area contributed by atoms with Gasteiger partial charge in [0.2, 0.25) is 0 Å². The Morgan fingerprint density at radius 2 is 2.10 bits per heavy atom. The molecule has 0 saturated heterocycles. The molecule has 8 heteroatoms. The molecule has 0 radical (unpaired) electrons.